The smallest absolute Gasteiger partial charge is 0.349 e. The Kier molecular flexibility index (Phi) is 9.61. The van der Waals surface area contributed by atoms with Gasteiger partial charge in [0, 0.05) is 6.08 Å². The molecule has 0 heterocycles. The lowest BCUT2D eigenvalue weighted by Gasteiger charge is -2.30. The first-order valence-electron chi connectivity index (χ1n) is 12.0. The van der Waals surface area contributed by atoms with Gasteiger partial charge in [0.2, 0.25) is 0 Å². The van der Waals surface area contributed by atoms with Crippen molar-refractivity contribution in [3.05, 3.63) is 36.9 Å². The molecule has 2 aliphatic rings. The van der Waals surface area contributed by atoms with Crippen LogP contribution in [0.15, 0.2) is 36.9 Å². The van der Waals surface area contributed by atoms with Gasteiger partial charge >= 0.3 is 29.8 Å². The van der Waals surface area contributed by atoms with E-state index in [4.69, 9.17) is 19.3 Å². The molecule has 0 radical (unpaired) electrons. The van der Waals surface area contributed by atoms with E-state index in [1.807, 2.05) is 0 Å². The van der Waals surface area contributed by atoms with Gasteiger partial charge in [0.1, 0.15) is 17.6 Å². The molecule has 0 aromatic heterocycles. The third-order valence-electron chi connectivity index (χ3n) is 6.47. The van der Waals surface area contributed by atoms with Crippen molar-refractivity contribution in [2.24, 2.45) is 17.8 Å². The van der Waals surface area contributed by atoms with Crippen molar-refractivity contribution in [2.45, 2.75) is 57.5 Å². The van der Waals surface area contributed by atoms with Crippen LogP contribution in [0.25, 0.3) is 0 Å². The molecular weight excluding hydrogens is 472 g/mol. The summed E-state index contributed by atoms with van der Waals surface area (Å²) >= 11 is 0. The van der Waals surface area contributed by atoms with Gasteiger partial charge in [0.25, 0.3) is 0 Å². The lowest BCUT2D eigenvalue weighted by Crippen LogP contribution is -2.33. The Hall–Kier alpha value is -3.69. The second-order valence-electron chi connectivity index (χ2n) is 8.98. The monoisotopic (exact) mass is 502 g/mol. The quantitative estimate of drug-likeness (QED) is 0.304. The molecule has 10 nitrogen and oxygen atoms in total. The highest BCUT2D eigenvalue weighted by Crippen LogP contribution is 2.33. The Morgan fingerprint density at radius 2 is 1.28 bits per heavy atom. The van der Waals surface area contributed by atoms with Crippen LogP contribution < -0.4 is 9.47 Å². The number of hydrogen-bond donors (Lipinski definition) is 1. The number of carboxylic acid groups (broad SMARTS) is 1. The van der Waals surface area contributed by atoms with Crippen LogP contribution in [-0.2, 0) is 33.4 Å². The van der Waals surface area contributed by atoms with Crippen molar-refractivity contribution >= 4 is 29.8 Å². The molecule has 0 atom stereocenters. The molecule has 36 heavy (non-hydrogen) atoms. The molecule has 1 aromatic rings. The minimum absolute atomic E-state index is 0.202. The number of carbonyl (C=O) groups is 5. The van der Waals surface area contributed by atoms with Crippen LogP contribution in [0.3, 0.4) is 0 Å². The number of hydrogen-bond acceptors (Lipinski definition) is 9. The number of rotatable bonds is 9. The van der Waals surface area contributed by atoms with Crippen molar-refractivity contribution < 1.29 is 48.0 Å². The Labute approximate surface area is 208 Å². The highest BCUT2D eigenvalue weighted by atomic mass is 16.6. The Balaban J connectivity index is 1.37. The zero-order chi connectivity index (χ0) is 26.1. The van der Waals surface area contributed by atoms with Gasteiger partial charge in [-0.1, -0.05) is 6.58 Å². The number of esters is 4. The Morgan fingerprint density at radius 3 is 1.83 bits per heavy atom. The molecule has 0 unspecified atom stereocenters. The van der Waals surface area contributed by atoms with Crippen LogP contribution in [0.2, 0.25) is 0 Å². The predicted molar refractivity (Wildman–Crippen MR) is 124 cm³/mol. The standard InChI is InChI=1S/C26H30O10/c1-2-22(27)33-15-23(28)34-19-11-13-21(14-12-19)36-26(32)18-7-9-20(10-8-18)35-25(31)17-5-3-16(4-6-17)24(29)30/h2,11-14,16-18,20H,1,3-10,15H2,(H,29,30). The predicted octanol–water partition coefficient (Wildman–Crippen LogP) is 3.22. The summed E-state index contributed by atoms with van der Waals surface area (Å²) in [5, 5.41) is 9.08. The molecule has 0 aliphatic heterocycles. The molecule has 1 aromatic carbocycles. The largest absolute Gasteiger partial charge is 0.481 e. The van der Waals surface area contributed by atoms with E-state index < -0.39 is 24.5 Å². The summed E-state index contributed by atoms with van der Waals surface area (Å²) in [4.78, 5) is 58.7. The first-order valence-corrected chi connectivity index (χ1v) is 12.0. The minimum Gasteiger partial charge on any atom is -0.481 e. The SMILES string of the molecule is C=CC(=O)OCC(=O)Oc1ccc(OC(=O)C2CCC(OC(=O)C3CCC(C(=O)O)CC3)CC2)cc1. The first-order chi connectivity index (χ1) is 17.2. The molecule has 2 fully saturated rings. The van der Waals surface area contributed by atoms with Crippen molar-refractivity contribution in [2.75, 3.05) is 6.61 Å². The molecule has 1 N–H and O–H groups in total. The lowest BCUT2D eigenvalue weighted by atomic mass is 9.82. The number of aliphatic carboxylic acids is 1. The summed E-state index contributed by atoms with van der Waals surface area (Å²) in [7, 11) is 0. The van der Waals surface area contributed by atoms with Crippen molar-refractivity contribution in [3.8, 4) is 11.5 Å². The van der Waals surface area contributed by atoms with E-state index in [9.17, 15) is 24.0 Å². The number of ether oxygens (including phenoxy) is 4. The van der Waals surface area contributed by atoms with Gasteiger partial charge in [-0.05, 0) is 75.6 Å². The molecule has 10 heteroatoms. The zero-order valence-corrected chi connectivity index (χ0v) is 19.9. The number of carboxylic acids is 1. The van der Waals surface area contributed by atoms with E-state index in [0.29, 0.717) is 57.1 Å². The summed E-state index contributed by atoms with van der Waals surface area (Å²) in [5.41, 5.74) is 0. The molecule has 0 saturated heterocycles. The normalized spacial score (nSPS) is 23.6. The van der Waals surface area contributed by atoms with E-state index in [-0.39, 0.29) is 41.5 Å². The Morgan fingerprint density at radius 1 is 0.778 bits per heavy atom. The van der Waals surface area contributed by atoms with Crippen molar-refractivity contribution in [1.82, 2.24) is 0 Å². The second kappa shape index (κ2) is 12.9. The zero-order valence-electron chi connectivity index (χ0n) is 19.9. The number of benzene rings is 1. The third-order valence-corrected chi connectivity index (χ3v) is 6.47. The summed E-state index contributed by atoms with van der Waals surface area (Å²) < 4.78 is 20.7. The summed E-state index contributed by atoms with van der Waals surface area (Å²) in [5.74, 6) is -3.42. The maximum Gasteiger partial charge on any atom is 0.349 e. The Bertz CT molecular complexity index is 967. The second-order valence-corrected chi connectivity index (χ2v) is 8.98. The average molecular weight is 503 g/mol. The molecule has 2 aliphatic carbocycles. The van der Waals surface area contributed by atoms with Gasteiger partial charge in [0.15, 0.2) is 6.61 Å². The first kappa shape index (κ1) is 26.9. The van der Waals surface area contributed by atoms with Gasteiger partial charge in [-0.25, -0.2) is 9.59 Å². The fraction of sp³-hybridized carbons (Fsp3) is 0.500. The topological polar surface area (TPSA) is 142 Å². The van der Waals surface area contributed by atoms with Crippen LogP contribution in [-0.4, -0.2) is 47.7 Å². The van der Waals surface area contributed by atoms with Crippen LogP contribution in [0, 0.1) is 17.8 Å². The molecule has 3 rings (SSSR count). The lowest BCUT2D eigenvalue weighted by molar-refractivity contribution is -0.159. The minimum atomic E-state index is -0.810. The summed E-state index contributed by atoms with van der Waals surface area (Å²) in [6.07, 6.45) is 4.89. The fourth-order valence-corrected chi connectivity index (χ4v) is 4.38. The van der Waals surface area contributed by atoms with E-state index in [1.165, 1.54) is 24.3 Å². The maximum atomic E-state index is 12.5. The van der Waals surface area contributed by atoms with E-state index in [1.54, 1.807) is 0 Å². The highest BCUT2D eigenvalue weighted by molar-refractivity contribution is 5.84. The van der Waals surface area contributed by atoms with E-state index in [0.717, 1.165) is 6.08 Å². The van der Waals surface area contributed by atoms with Crippen molar-refractivity contribution in [3.63, 3.8) is 0 Å². The van der Waals surface area contributed by atoms with Gasteiger partial charge in [0.05, 0.1) is 17.8 Å². The molecular formula is C26H30O10. The molecule has 0 amide bonds. The molecule has 2 saturated carbocycles. The highest BCUT2D eigenvalue weighted by Gasteiger charge is 2.34. The van der Waals surface area contributed by atoms with E-state index >= 15 is 0 Å². The molecule has 0 bridgehead atoms. The van der Waals surface area contributed by atoms with Crippen LogP contribution >= 0.6 is 0 Å². The summed E-state index contributed by atoms with van der Waals surface area (Å²) in [6.45, 7) is 2.68. The fourth-order valence-electron chi connectivity index (χ4n) is 4.38. The molecule has 0 spiro atoms. The van der Waals surface area contributed by atoms with E-state index in [2.05, 4.69) is 11.3 Å². The molecule has 194 valence electrons. The van der Waals surface area contributed by atoms with Crippen LogP contribution in [0.5, 0.6) is 11.5 Å². The maximum absolute atomic E-state index is 12.5. The van der Waals surface area contributed by atoms with Gasteiger partial charge < -0.3 is 24.1 Å². The van der Waals surface area contributed by atoms with Crippen LogP contribution in [0.4, 0.5) is 0 Å². The summed E-state index contributed by atoms with van der Waals surface area (Å²) in [6, 6.07) is 5.89. The van der Waals surface area contributed by atoms with Crippen molar-refractivity contribution in [1.29, 1.82) is 0 Å². The third kappa shape index (κ3) is 7.93. The average Bonchev–Trinajstić information content (AvgIpc) is 2.88. The van der Waals surface area contributed by atoms with Gasteiger partial charge in [-0.3, -0.25) is 14.4 Å². The van der Waals surface area contributed by atoms with Gasteiger partial charge in [-0.15, -0.1) is 0 Å². The van der Waals surface area contributed by atoms with Gasteiger partial charge in [-0.2, -0.15) is 0 Å². The van der Waals surface area contributed by atoms with Crippen LogP contribution in [0.1, 0.15) is 51.4 Å². The number of carbonyl (C=O) groups excluding carboxylic acids is 4.